The molecular weight excluding hydrogens is 276 g/mol. The maximum absolute atomic E-state index is 12.5. The molecule has 1 atom stereocenters. The lowest BCUT2D eigenvalue weighted by atomic mass is 10.0. The molecule has 0 fully saturated rings. The highest BCUT2D eigenvalue weighted by atomic mass is 19.3. The Morgan fingerprint density at radius 1 is 1.14 bits per heavy atom. The molecule has 3 nitrogen and oxygen atoms in total. The maximum atomic E-state index is 12.5. The molecule has 1 aromatic carbocycles. The van der Waals surface area contributed by atoms with Crippen LogP contribution in [0.3, 0.4) is 0 Å². The van der Waals surface area contributed by atoms with E-state index in [2.05, 4.69) is 10.1 Å². The molecule has 0 aliphatic heterocycles. The number of furan rings is 1. The van der Waals surface area contributed by atoms with Crippen LogP contribution in [0.2, 0.25) is 0 Å². The first kappa shape index (κ1) is 15.5. The first-order valence-electron chi connectivity index (χ1n) is 7.01. The van der Waals surface area contributed by atoms with Gasteiger partial charge in [0.1, 0.15) is 17.3 Å². The SMILES string of the molecule is CCNC(c1ccc(CC)o1)c1ccccc1OC(F)F. The molecule has 0 aliphatic carbocycles. The van der Waals surface area contributed by atoms with Gasteiger partial charge in [-0.3, -0.25) is 0 Å². The van der Waals surface area contributed by atoms with Crippen molar-refractivity contribution in [1.82, 2.24) is 5.32 Å². The van der Waals surface area contributed by atoms with Gasteiger partial charge in [-0.2, -0.15) is 8.78 Å². The Labute approximate surface area is 122 Å². The third kappa shape index (κ3) is 3.82. The molecule has 0 bridgehead atoms. The summed E-state index contributed by atoms with van der Waals surface area (Å²) >= 11 is 0. The van der Waals surface area contributed by atoms with Gasteiger partial charge in [0.2, 0.25) is 0 Å². The fourth-order valence-electron chi connectivity index (χ4n) is 2.23. The minimum atomic E-state index is -2.85. The zero-order valence-electron chi connectivity index (χ0n) is 12.1. The van der Waals surface area contributed by atoms with Crippen LogP contribution in [-0.4, -0.2) is 13.2 Å². The Hall–Kier alpha value is -1.88. The maximum Gasteiger partial charge on any atom is 0.387 e. The Kier molecular flexibility index (Phi) is 5.33. The normalized spacial score (nSPS) is 12.6. The number of benzene rings is 1. The zero-order chi connectivity index (χ0) is 15.2. The molecule has 0 aliphatic rings. The van der Waals surface area contributed by atoms with E-state index in [1.54, 1.807) is 18.2 Å². The minimum absolute atomic E-state index is 0.160. The van der Waals surface area contributed by atoms with Crippen molar-refractivity contribution < 1.29 is 17.9 Å². The Balaban J connectivity index is 2.37. The molecule has 1 N–H and O–H groups in total. The Bertz CT molecular complexity index is 569. The van der Waals surface area contributed by atoms with E-state index in [4.69, 9.17) is 4.42 Å². The largest absolute Gasteiger partial charge is 0.464 e. The molecule has 2 aromatic rings. The zero-order valence-corrected chi connectivity index (χ0v) is 12.1. The van der Waals surface area contributed by atoms with Gasteiger partial charge < -0.3 is 14.5 Å². The summed E-state index contributed by atoms with van der Waals surface area (Å²) in [5.41, 5.74) is 0.636. The smallest absolute Gasteiger partial charge is 0.387 e. The monoisotopic (exact) mass is 295 g/mol. The molecular formula is C16H19F2NO2. The summed E-state index contributed by atoms with van der Waals surface area (Å²) in [5.74, 6) is 1.71. The third-order valence-corrected chi connectivity index (χ3v) is 3.17. The van der Waals surface area contributed by atoms with Crippen molar-refractivity contribution >= 4 is 0 Å². The lowest BCUT2D eigenvalue weighted by Crippen LogP contribution is -2.22. The molecule has 1 heterocycles. The van der Waals surface area contributed by atoms with Gasteiger partial charge in [0, 0.05) is 12.0 Å². The number of aryl methyl sites for hydroxylation is 1. The van der Waals surface area contributed by atoms with Gasteiger partial charge in [0.05, 0.1) is 6.04 Å². The topological polar surface area (TPSA) is 34.4 Å². The predicted molar refractivity (Wildman–Crippen MR) is 76.7 cm³/mol. The van der Waals surface area contributed by atoms with Crippen LogP contribution in [0.25, 0.3) is 0 Å². The van der Waals surface area contributed by atoms with Crippen molar-refractivity contribution in [3.05, 3.63) is 53.5 Å². The van der Waals surface area contributed by atoms with Crippen LogP contribution in [0, 0.1) is 0 Å². The summed E-state index contributed by atoms with van der Waals surface area (Å²) in [6, 6.07) is 10.2. The van der Waals surface area contributed by atoms with Crippen molar-refractivity contribution in [2.24, 2.45) is 0 Å². The Morgan fingerprint density at radius 3 is 2.52 bits per heavy atom. The van der Waals surface area contributed by atoms with Crippen LogP contribution in [0.5, 0.6) is 5.75 Å². The minimum Gasteiger partial charge on any atom is -0.464 e. The third-order valence-electron chi connectivity index (χ3n) is 3.17. The number of alkyl halides is 2. The van der Waals surface area contributed by atoms with Gasteiger partial charge in [0.15, 0.2) is 0 Å². The molecule has 0 radical (unpaired) electrons. The second-order valence-corrected chi connectivity index (χ2v) is 4.56. The average molecular weight is 295 g/mol. The second kappa shape index (κ2) is 7.22. The van der Waals surface area contributed by atoms with E-state index in [-0.39, 0.29) is 11.8 Å². The first-order chi connectivity index (χ1) is 10.2. The Morgan fingerprint density at radius 2 is 1.90 bits per heavy atom. The fraction of sp³-hybridized carbons (Fsp3) is 0.375. The predicted octanol–water partition coefficient (Wildman–Crippen LogP) is 4.14. The number of hydrogen-bond donors (Lipinski definition) is 1. The molecule has 0 amide bonds. The summed E-state index contributed by atoms with van der Waals surface area (Å²) in [6.45, 7) is 1.78. The van der Waals surface area contributed by atoms with Gasteiger partial charge in [-0.05, 0) is 24.7 Å². The van der Waals surface area contributed by atoms with E-state index in [9.17, 15) is 8.78 Å². The van der Waals surface area contributed by atoms with Gasteiger partial charge in [0.25, 0.3) is 0 Å². The summed E-state index contributed by atoms with van der Waals surface area (Å²) in [7, 11) is 0. The number of rotatable bonds is 7. The molecule has 1 unspecified atom stereocenters. The number of para-hydroxylation sites is 1. The van der Waals surface area contributed by atoms with Crippen LogP contribution in [-0.2, 0) is 6.42 Å². The molecule has 0 spiro atoms. The van der Waals surface area contributed by atoms with E-state index in [0.717, 1.165) is 12.2 Å². The van der Waals surface area contributed by atoms with Gasteiger partial charge in [-0.1, -0.05) is 32.0 Å². The molecule has 2 rings (SSSR count). The number of ether oxygens (including phenoxy) is 1. The van der Waals surface area contributed by atoms with Crippen LogP contribution in [0.15, 0.2) is 40.8 Å². The van der Waals surface area contributed by atoms with Crippen molar-refractivity contribution in [2.75, 3.05) is 6.54 Å². The van der Waals surface area contributed by atoms with Gasteiger partial charge in [-0.25, -0.2) is 0 Å². The highest BCUT2D eigenvalue weighted by molar-refractivity contribution is 5.39. The van der Waals surface area contributed by atoms with Gasteiger partial charge in [-0.15, -0.1) is 0 Å². The first-order valence-corrected chi connectivity index (χ1v) is 7.01. The standard InChI is InChI=1S/C16H19F2NO2/c1-3-11-9-10-14(20-11)15(19-4-2)12-7-5-6-8-13(12)21-16(17)18/h5-10,15-16,19H,3-4H2,1-2H3. The van der Waals surface area contributed by atoms with Crippen molar-refractivity contribution in [1.29, 1.82) is 0 Å². The van der Waals surface area contributed by atoms with Crippen molar-refractivity contribution in [3.8, 4) is 5.75 Å². The summed E-state index contributed by atoms with van der Waals surface area (Å²) < 4.78 is 35.5. The highest BCUT2D eigenvalue weighted by Gasteiger charge is 2.21. The van der Waals surface area contributed by atoms with E-state index in [1.165, 1.54) is 6.07 Å². The molecule has 1 aromatic heterocycles. The number of nitrogens with one attached hydrogen (secondary N) is 1. The molecule has 5 heteroatoms. The number of hydrogen-bond acceptors (Lipinski definition) is 3. The van der Waals surface area contributed by atoms with E-state index in [1.807, 2.05) is 26.0 Å². The lowest BCUT2D eigenvalue weighted by molar-refractivity contribution is -0.0506. The summed E-state index contributed by atoms with van der Waals surface area (Å²) in [5, 5.41) is 3.25. The highest BCUT2D eigenvalue weighted by Crippen LogP contribution is 2.32. The molecule has 21 heavy (non-hydrogen) atoms. The second-order valence-electron chi connectivity index (χ2n) is 4.56. The number of halogens is 2. The van der Waals surface area contributed by atoms with Crippen LogP contribution >= 0.6 is 0 Å². The van der Waals surface area contributed by atoms with Gasteiger partial charge >= 0.3 is 6.61 Å². The van der Waals surface area contributed by atoms with Crippen molar-refractivity contribution in [2.45, 2.75) is 32.9 Å². The van der Waals surface area contributed by atoms with Crippen molar-refractivity contribution in [3.63, 3.8) is 0 Å². The van der Waals surface area contributed by atoms with Crippen LogP contribution in [0.4, 0.5) is 8.78 Å². The molecule has 0 saturated carbocycles. The molecule has 114 valence electrons. The van der Waals surface area contributed by atoms with E-state index < -0.39 is 6.61 Å². The van der Waals surface area contributed by atoms with Crippen LogP contribution in [0.1, 0.15) is 37.0 Å². The quantitative estimate of drug-likeness (QED) is 0.833. The van der Waals surface area contributed by atoms with E-state index in [0.29, 0.717) is 17.9 Å². The molecule has 0 saturated heterocycles. The van der Waals surface area contributed by atoms with E-state index >= 15 is 0 Å². The van der Waals surface area contributed by atoms with Crippen LogP contribution < -0.4 is 10.1 Å². The summed E-state index contributed by atoms with van der Waals surface area (Å²) in [6.07, 6.45) is 0.786. The fourth-order valence-corrected chi connectivity index (χ4v) is 2.23. The summed E-state index contributed by atoms with van der Waals surface area (Å²) in [4.78, 5) is 0. The average Bonchev–Trinajstić information content (AvgIpc) is 2.94. The lowest BCUT2D eigenvalue weighted by Gasteiger charge is -2.19.